The summed E-state index contributed by atoms with van der Waals surface area (Å²) < 4.78 is 2.34. The summed E-state index contributed by atoms with van der Waals surface area (Å²) in [6, 6.07) is 17.1. The summed E-state index contributed by atoms with van der Waals surface area (Å²) in [4.78, 5) is 0. The van der Waals surface area contributed by atoms with Crippen LogP contribution in [-0.2, 0) is 13.0 Å². The van der Waals surface area contributed by atoms with Crippen LogP contribution in [0.5, 0.6) is 0 Å². The molecule has 2 heteroatoms. The highest BCUT2D eigenvalue weighted by molar-refractivity contribution is 5.83. The molecule has 0 radical (unpaired) electrons. The van der Waals surface area contributed by atoms with Crippen molar-refractivity contribution in [2.75, 3.05) is 5.73 Å². The molecule has 19 heavy (non-hydrogen) atoms. The van der Waals surface area contributed by atoms with Crippen LogP contribution in [0.3, 0.4) is 0 Å². The van der Waals surface area contributed by atoms with Crippen molar-refractivity contribution in [1.29, 1.82) is 0 Å². The SMILES string of the molecule is Nc1ccc2c(ccn2CC2Cc3ccccc32)c1. The lowest BCUT2D eigenvalue weighted by Gasteiger charge is -2.30. The highest BCUT2D eigenvalue weighted by Crippen LogP contribution is 2.36. The van der Waals surface area contributed by atoms with Gasteiger partial charge < -0.3 is 10.3 Å². The summed E-state index contributed by atoms with van der Waals surface area (Å²) >= 11 is 0. The molecule has 1 heterocycles. The normalized spacial score (nSPS) is 17.2. The highest BCUT2D eigenvalue weighted by atomic mass is 15.0. The molecule has 2 nitrogen and oxygen atoms in total. The Morgan fingerprint density at radius 3 is 2.89 bits per heavy atom. The van der Waals surface area contributed by atoms with E-state index in [4.69, 9.17) is 5.73 Å². The molecule has 1 atom stereocenters. The van der Waals surface area contributed by atoms with Crippen LogP contribution in [0.25, 0.3) is 10.9 Å². The Morgan fingerprint density at radius 1 is 1.11 bits per heavy atom. The van der Waals surface area contributed by atoms with Gasteiger partial charge in [-0.1, -0.05) is 24.3 Å². The molecular formula is C17H16N2. The van der Waals surface area contributed by atoms with E-state index < -0.39 is 0 Å². The molecule has 2 aromatic carbocycles. The zero-order chi connectivity index (χ0) is 12.8. The molecule has 0 bridgehead atoms. The van der Waals surface area contributed by atoms with Crippen molar-refractivity contribution in [2.45, 2.75) is 18.9 Å². The molecule has 1 aliphatic carbocycles. The summed E-state index contributed by atoms with van der Waals surface area (Å²) in [6.07, 6.45) is 3.37. The predicted octanol–water partition coefficient (Wildman–Crippen LogP) is 3.56. The Morgan fingerprint density at radius 2 is 2.00 bits per heavy atom. The minimum absolute atomic E-state index is 0.657. The second kappa shape index (κ2) is 3.89. The summed E-state index contributed by atoms with van der Waals surface area (Å²) in [5, 5.41) is 1.23. The predicted molar refractivity (Wildman–Crippen MR) is 79.2 cm³/mol. The molecule has 2 N–H and O–H groups in total. The van der Waals surface area contributed by atoms with Crippen LogP contribution < -0.4 is 5.73 Å². The Hall–Kier alpha value is -2.22. The average Bonchev–Trinajstić information content (AvgIpc) is 2.78. The topological polar surface area (TPSA) is 30.9 Å². The van der Waals surface area contributed by atoms with Gasteiger partial charge in [-0.3, -0.25) is 0 Å². The molecule has 0 aliphatic heterocycles. The number of anilines is 1. The molecule has 0 amide bonds. The summed E-state index contributed by atoms with van der Waals surface area (Å²) in [5.74, 6) is 0.657. The fourth-order valence-electron chi connectivity index (χ4n) is 3.14. The Labute approximate surface area is 112 Å². The zero-order valence-electron chi connectivity index (χ0n) is 10.7. The second-order valence-corrected chi connectivity index (χ2v) is 5.39. The minimum atomic E-state index is 0.657. The number of nitrogens with two attached hydrogens (primary N) is 1. The number of nitrogen functional groups attached to an aromatic ring is 1. The molecule has 1 aromatic heterocycles. The van der Waals surface area contributed by atoms with E-state index in [0.29, 0.717) is 5.92 Å². The smallest absolute Gasteiger partial charge is 0.0481 e. The first-order valence-electron chi connectivity index (χ1n) is 6.73. The molecule has 4 rings (SSSR count). The van der Waals surface area contributed by atoms with E-state index in [1.807, 2.05) is 12.1 Å². The number of fused-ring (bicyclic) bond motifs is 2. The van der Waals surface area contributed by atoms with Crippen LogP contribution in [0.1, 0.15) is 17.0 Å². The number of nitrogens with zero attached hydrogens (tertiary/aromatic N) is 1. The van der Waals surface area contributed by atoms with E-state index >= 15 is 0 Å². The fourth-order valence-corrected chi connectivity index (χ4v) is 3.14. The third-order valence-electron chi connectivity index (χ3n) is 4.17. The molecule has 94 valence electrons. The Bertz CT molecular complexity index is 755. The van der Waals surface area contributed by atoms with Crippen molar-refractivity contribution in [2.24, 2.45) is 0 Å². The van der Waals surface area contributed by atoms with Crippen LogP contribution in [0.4, 0.5) is 5.69 Å². The van der Waals surface area contributed by atoms with Gasteiger partial charge in [0.25, 0.3) is 0 Å². The van der Waals surface area contributed by atoms with Crippen molar-refractivity contribution in [3.63, 3.8) is 0 Å². The van der Waals surface area contributed by atoms with Crippen LogP contribution in [0, 0.1) is 0 Å². The van der Waals surface area contributed by atoms with Gasteiger partial charge in [0, 0.05) is 35.2 Å². The van der Waals surface area contributed by atoms with Crippen LogP contribution in [0.15, 0.2) is 54.7 Å². The lowest BCUT2D eigenvalue weighted by molar-refractivity contribution is 0.519. The minimum Gasteiger partial charge on any atom is -0.399 e. The second-order valence-electron chi connectivity index (χ2n) is 5.39. The number of hydrogen-bond acceptors (Lipinski definition) is 1. The van der Waals surface area contributed by atoms with Crippen molar-refractivity contribution < 1.29 is 0 Å². The number of aromatic nitrogens is 1. The summed E-state index contributed by atoms with van der Waals surface area (Å²) in [6.45, 7) is 1.06. The quantitative estimate of drug-likeness (QED) is 0.691. The lowest BCUT2D eigenvalue weighted by atomic mass is 9.77. The van der Waals surface area contributed by atoms with E-state index in [2.05, 4.69) is 47.2 Å². The van der Waals surface area contributed by atoms with Gasteiger partial charge in [0.1, 0.15) is 0 Å². The summed E-state index contributed by atoms with van der Waals surface area (Å²) in [5.41, 5.74) is 11.0. The monoisotopic (exact) mass is 248 g/mol. The van der Waals surface area contributed by atoms with Crippen molar-refractivity contribution >= 4 is 16.6 Å². The van der Waals surface area contributed by atoms with Crippen LogP contribution in [0.2, 0.25) is 0 Å². The van der Waals surface area contributed by atoms with Gasteiger partial charge >= 0.3 is 0 Å². The van der Waals surface area contributed by atoms with E-state index in [-0.39, 0.29) is 0 Å². The van der Waals surface area contributed by atoms with Crippen molar-refractivity contribution in [3.8, 4) is 0 Å². The average molecular weight is 248 g/mol. The lowest BCUT2D eigenvalue weighted by Crippen LogP contribution is -2.21. The van der Waals surface area contributed by atoms with Gasteiger partial charge in [-0.2, -0.15) is 0 Å². The summed E-state index contributed by atoms with van der Waals surface area (Å²) in [7, 11) is 0. The van der Waals surface area contributed by atoms with Gasteiger partial charge in [-0.25, -0.2) is 0 Å². The first kappa shape index (κ1) is 10.7. The molecule has 0 saturated carbocycles. The molecule has 0 saturated heterocycles. The van der Waals surface area contributed by atoms with Crippen molar-refractivity contribution in [3.05, 3.63) is 65.9 Å². The van der Waals surface area contributed by atoms with Crippen LogP contribution >= 0.6 is 0 Å². The number of rotatable bonds is 2. The third-order valence-corrected chi connectivity index (χ3v) is 4.17. The van der Waals surface area contributed by atoms with E-state index in [9.17, 15) is 0 Å². The maximum absolute atomic E-state index is 5.83. The standard InChI is InChI=1S/C17H16N2/c18-15-5-6-17-13(10-15)7-8-19(17)11-14-9-12-3-1-2-4-16(12)14/h1-8,10,14H,9,11,18H2. The largest absolute Gasteiger partial charge is 0.399 e. The molecule has 1 unspecified atom stereocenters. The first-order valence-corrected chi connectivity index (χ1v) is 6.73. The van der Waals surface area contributed by atoms with Crippen molar-refractivity contribution in [1.82, 2.24) is 4.57 Å². The molecule has 0 fully saturated rings. The van der Waals surface area contributed by atoms with Gasteiger partial charge in [0.05, 0.1) is 0 Å². The van der Waals surface area contributed by atoms with Gasteiger partial charge in [-0.15, -0.1) is 0 Å². The molecule has 1 aliphatic rings. The Balaban J connectivity index is 1.67. The highest BCUT2D eigenvalue weighted by Gasteiger charge is 2.25. The zero-order valence-corrected chi connectivity index (χ0v) is 10.7. The van der Waals surface area contributed by atoms with Gasteiger partial charge in [0.2, 0.25) is 0 Å². The molecular weight excluding hydrogens is 232 g/mol. The third kappa shape index (κ3) is 1.64. The maximum Gasteiger partial charge on any atom is 0.0481 e. The van der Waals surface area contributed by atoms with E-state index in [0.717, 1.165) is 12.2 Å². The Kier molecular flexibility index (Phi) is 2.18. The van der Waals surface area contributed by atoms with Gasteiger partial charge in [-0.05, 0) is 41.8 Å². The number of benzene rings is 2. The molecule has 0 spiro atoms. The van der Waals surface area contributed by atoms with Crippen LogP contribution in [-0.4, -0.2) is 4.57 Å². The first-order chi connectivity index (χ1) is 9.31. The number of hydrogen-bond donors (Lipinski definition) is 1. The van der Waals surface area contributed by atoms with E-state index in [1.165, 1.54) is 28.5 Å². The van der Waals surface area contributed by atoms with Gasteiger partial charge in [0.15, 0.2) is 0 Å². The maximum atomic E-state index is 5.83. The fraction of sp³-hybridized carbons (Fsp3) is 0.176. The molecule has 3 aromatic rings. The van der Waals surface area contributed by atoms with E-state index in [1.54, 1.807) is 0 Å².